The molecule has 0 radical (unpaired) electrons. The molecule has 0 unspecified atom stereocenters. The number of rotatable bonds is 9. The molecule has 0 aliphatic carbocycles. The number of primary amides is 1. The Kier molecular flexibility index (Phi) is 6.55. The number of amides is 1. The molecule has 0 bridgehead atoms. The maximum Gasteiger partial charge on any atom is 0.403 e. The van der Waals surface area contributed by atoms with Crippen LogP contribution >= 0.6 is 7.94 Å². The van der Waals surface area contributed by atoms with E-state index in [4.69, 9.17) is 25.2 Å². The van der Waals surface area contributed by atoms with Crippen LogP contribution in [0.3, 0.4) is 0 Å². The van der Waals surface area contributed by atoms with Crippen LogP contribution in [0.25, 0.3) is 10.9 Å². The van der Waals surface area contributed by atoms with Gasteiger partial charge in [-0.25, -0.2) is 0 Å². The van der Waals surface area contributed by atoms with E-state index in [1.54, 1.807) is 0 Å². The Hall–Kier alpha value is -2.44. The molecule has 5 N–H and O–H groups in total. The zero-order chi connectivity index (χ0) is 21.0. The maximum absolute atomic E-state index is 11.6. The average molecular weight is 417 g/mol. The molecular weight excluding hydrogens is 391 g/mol. The maximum atomic E-state index is 11.6. The second-order valence-corrected chi connectivity index (χ2v) is 8.91. The predicted octanol–water partition coefficient (Wildman–Crippen LogP) is 2.53. The van der Waals surface area contributed by atoms with Crippen molar-refractivity contribution in [3.63, 3.8) is 0 Å². The number of benzene rings is 2. The average Bonchev–Trinajstić information content (AvgIpc) is 2.90. The van der Waals surface area contributed by atoms with Crippen molar-refractivity contribution in [2.45, 2.75) is 26.3 Å². The van der Waals surface area contributed by atoms with Gasteiger partial charge in [-0.1, -0.05) is 30.3 Å². The molecule has 0 aliphatic heterocycles. The molecule has 3 rings (SSSR count). The van der Waals surface area contributed by atoms with Crippen molar-refractivity contribution in [1.29, 1.82) is 0 Å². The molecule has 0 aliphatic rings. The third-order valence-corrected chi connectivity index (χ3v) is 5.75. The first-order valence-electron chi connectivity index (χ1n) is 9.37. The Bertz CT molecular complexity index is 996. The summed E-state index contributed by atoms with van der Waals surface area (Å²) in [6, 6.07) is 15.8. The number of aromatic nitrogens is 1. The lowest BCUT2D eigenvalue weighted by molar-refractivity contribution is -0.117. The molecular formula is C21H26N2O5P+. The number of carbonyl (C=O) groups excluding carboxylic acids is 1. The van der Waals surface area contributed by atoms with E-state index in [2.05, 4.69) is 16.7 Å². The van der Waals surface area contributed by atoms with E-state index in [-0.39, 0.29) is 19.2 Å². The van der Waals surface area contributed by atoms with Gasteiger partial charge in [0.25, 0.3) is 0 Å². The lowest BCUT2D eigenvalue weighted by Gasteiger charge is -2.10. The molecule has 2 aromatic carbocycles. The van der Waals surface area contributed by atoms with Gasteiger partial charge in [0, 0.05) is 29.6 Å². The van der Waals surface area contributed by atoms with Gasteiger partial charge >= 0.3 is 7.94 Å². The van der Waals surface area contributed by atoms with Gasteiger partial charge in [-0.15, -0.1) is 0 Å². The molecule has 1 amide bonds. The summed E-state index contributed by atoms with van der Waals surface area (Å²) < 4.78 is 7.86. The first-order chi connectivity index (χ1) is 13.7. The first kappa shape index (κ1) is 21.3. The molecule has 0 saturated heterocycles. The molecule has 3 aromatic rings. The topological polar surface area (TPSA) is 118 Å². The Morgan fingerprint density at radius 3 is 2.52 bits per heavy atom. The second kappa shape index (κ2) is 8.93. The largest absolute Gasteiger partial charge is 0.493 e. The van der Waals surface area contributed by atoms with E-state index in [9.17, 15) is 4.79 Å². The third-order valence-electron chi connectivity index (χ3n) is 4.83. The van der Waals surface area contributed by atoms with Crippen LogP contribution in [0, 0.1) is 6.92 Å². The molecule has 1 aromatic heterocycles. The van der Waals surface area contributed by atoms with Gasteiger partial charge < -0.3 is 15.0 Å². The van der Waals surface area contributed by atoms with Crippen molar-refractivity contribution in [1.82, 2.24) is 4.57 Å². The number of carbonyl (C=O) groups is 1. The van der Waals surface area contributed by atoms with Crippen molar-refractivity contribution in [3.8, 4) is 5.75 Å². The second-order valence-electron chi connectivity index (χ2n) is 7.08. The van der Waals surface area contributed by atoms with Gasteiger partial charge in [-0.3, -0.25) is 4.79 Å². The normalized spacial score (nSPS) is 11.7. The highest BCUT2D eigenvalue weighted by Gasteiger charge is 2.28. The summed E-state index contributed by atoms with van der Waals surface area (Å²) in [6.07, 6.45) is 0.354. The quantitative estimate of drug-likeness (QED) is 0.315. The van der Waals surface area contributed by atoms with Gasteiger partial charge in [0.05, 0.1) is 13.0 Å². The van der Waals surface area contributed by atoms with E-state index < -0.39 is 13.9 Å². The van der Waals surface area contributed by atoms with Crippen molar-refractivity contribution in [2.24, 2.45) is 5.73 Å². The van der Waals surface area contributed by atoms with Gasteiger partial charge in [-0.05, 0) is 36.2 Å². The number of ether oxygens (including phenoxy) is 1. The monoisotopic (exact) mass is 417 g/mol. The Morgan fingerprint density at radius 2 is 1.86 bits per heavy atom. The van der Waals surface area contributed by atoms with Crippen LogP contribution in [0.4, 0.5) is 0 Å². The Morgan fingerprint density at radius 1 is 1.14 bits per heavy atom. The van der Waals surface area contributed by atoms with Gasteiger partial charge in [0.1, 0.15) is 11.9 Å². The van der Waals surface area contributed by atoms with E-state index in [0.29, 0.717) is 18.7 Å². The van der Waals surface area contributed by atoms with Crippen LogP contribution < -0.4 is 10.5 Å². The fourth-order valence-corrected chi connectivity index (χ4v) is 4.01. The Balaban J connectivity index is 1.90. The predicted molar refractivity (Wildman–Crippen MR) is 114 cm³/mol. The zero-order valence-electron chi connectivity index (χ0n) is 16.3. The minimum atomic E-state index is -3.77. The summed E-state index contributed by atoms with van der Waals surface area (Å²) in [7, 11) is -3.77. The van der Waals surface area contributed by atoms with Crippen LogP contribution in [0.2, 0.25) is 0 Å². The van der Waals surface area contributed by atoms with Crippen LogP contribution in [0.15, 0.2) is 48.5 Å². The number of nitrogens with two attached hydrogens (primary N) is 1. The zero-order valence-corrected chi connectivity index (χ0v) is 17.2. The molecule has 0 spiro atoms. The van der Waals surface area contributed by atoms with Crippen molar-refractivity contribution in [3.05, 3.63) is 65.4 Å². The molecule has 8 heteroatoms. The van der Waals surface area contributed by atoms with Crippen LogP contribution in [-0.4, -0.2) is 37.9 Å². The SMILES string of the molecule is Cc1c(CC(N)=O)c2cc(OCCC[P+](O)(O)O)ccc2n1Cc1ccccc1. The Labute approximate surface area is 169 Å². The van der Waals surface area contributed by atoms with Crippen molar-refractivity contribution < 1.29 is 24.2 Å². The van der Waals surface area contributed by atoms with Gasteiger partial charge in [0.2, 0.25) is 5.91 Å². The van der Waals surface area contributed by atoms with Gasteiger partial charge in [-0.2, -0.15) is 14.7 Å². The van der Waals surface area contributed by atoms with E-state index in [1.165, 1.54) is 0 Å². The van der Waals surface area contributed by atoms with Gasteiger partial charge in [0.15, 0.2) is 0 Å². The van der Waals surface area contributed by atoms with Crippen LogP contribution in [0.1, 0.15) is 23.2 Å². The molecule has 1 heterocycles. The highest BCUT2D eigenvalue weighted by atomic mass is 31.2. The van der Waals surface area contributed by atoms with Crippen molar-refractivity contribution >= 4 is 24.8 Å². The smallest absolute Gasteiger partial charge is 0.403 e. The van der Waals surface area contributed by atoms with Crippen molar-refractivity contribution in [2.75, 3.05) is 12.8 Å². The summed E-state index contributed by atoms with van der Waals surface area (Å²) >= 11 is 0. The first-order valence-corrected chi connectivity index (χ1v) is 11.2. The van der Waals surface area contributed by atoms with Crippen LogP contribution in [0.5, 0.6) is 5.75 Å². The fourth-order valence-electron chi connectivity index (χ4n) is 3.45. The number of hydrogen-bond donors (Lipinski definition) is 4. The fraction of sp³-hybridized carbons (Fsp3) is 0.286. The summed E-state index contributed by atoms with van der Waals surface area (Å²) in [4.78, 5) is 38.8. The minimum Gasteiger partial charge on any atom is -0.493 e. The lowest BCUT2D eigenvalue weighted by Crippen LogP contribution is -2.14. The molecule has 154 valence electrons. The highest BCUT2D eigenvalue weighted by molar-refractivity contribution is 7.58. The molecule has 0 saturated carbocycles. The lowest BCUT2D eigenvalue weighted by atomic mass is 10.1. The summed E-state index contributed by atoms with van der Waals surface area (Å²) in [5.74, 6) is 0.213. The molecule has 7 nitrogen and oxygen atoms in total. The number of nitrogens with zero attached hydrogens (tertiary/aromatic N) is 1. The number of fused-ring (bicyclic) bond motifs is 1. The highest BCUT2D eigenvalue weighted by Crippen LogP contribution is 2.44. The van der Waals surface area contributed by atoms with E-state index in [0.717, 1.165) is 27.7 Å². The molecule has 29 heavy (non-hydrogen) atoms. The minimum absolute atomic E-state index is 0.102. The standard InChI is InChI=1S/C21H25N2O5P/c1-15-18(13-21(22)24)19-12-17(28-10-5-11-29(25,26)27)8-9-20(19)23(15)14-16-6-3-2-4-7-16/h2-4,6-9,12,25-27H,5,10-11,13-14H2,1H3,(H-,22,24)/p+1. The summed E-state index contributed by atoms with van der Waals surface area (Å²) in [5.41, 5.74) is 9.47. The molecule has 0 atom stereocenters. The van der Waals surface area contributed by atoms with E-state index in [1.807, 2.05) is 43.3 Å². The number of hydrogen-bond acceptors (Lipinski definition) is 5. The third kappa shape index (κ3) is 5.55. The molecule has 0 fully saturated rings. The summed E-state index contributed by atoms with van der Waals surface area (Å²) in [6.45, 7) is 2.90. The van der Waals surface area contributed by atoms with Crippen LogP contribution in [-0.2, 0) is 17.8 Å². The van der Waals surface area contributed by atoms with E-state index >= 15 is 0 Å². The summed E-state index contributed by atoms with van der Waals surface area (Å²) in [5, 5.41) is 0.906.